The van der Waals surface area contributed by atoms with Crippen LogP contribution in [0.3, 0.4) is 0 Å². The molecule has 6 heteroatoms. The van der Waals surface area contributed by atoms with Crippen molar-refractivity contribution in [2.45, 2.75) is 13.1 Å². The number of hydrogen-bond acceptors (Lipinski definition) is 5. The minimum absolute atomic E-state index is 0.259. The van der Waals surface area contributed by atoms with Gasteiger partial charge in [-0.25, -0.2) is 9.97 Å². The van der Waals surface area contributed by atoms with Crippen LogP contribution >= 0.6 is 0 Å². The zero-order valence-electron chi connectivity index (χ0n) is 13.0. The number of rotatable bonds is 6. The number of nitrogens with one attached hydrogen (secondary N) is 2. The average Bonchev–Trinajstić information content (AvgIpc) is 2.66. The second kappa shape index (κ2) is 7.82. The summed E-state index contributed by atoms with van der Waals surface area (Å²) in [6.45, 7) is 0.955. The lowest BCUT2D eigenvalue weighted by Crippen LogP contribution is -2.24. The van der Waals surface area contributed by atoms with Gasteiger partial charge in [-0.2, -0.15) is 0 Å². The van der Waals surface area contributed by atoms with Gasteiger partial charge in [0.15, 0.2) is 0 Å². The molecule has 2 N–H and O–H groups in total. The Bertz CT molecular complexity index is 793. The van der Waals surface area contributed by atoms with Crippen LogP contribution < -0.4 is 10.6 Å². The van der Waals surface area contributed by atoms with E-state index in [0.29, 0.717) is 24.7 Å². The summed E-state index contributed by atoms with van der Waals surface area (Å²) in [7, 11) is 0. The third kappa shape index (κ3) is 4.36. The first kappa shape index (κ1) is 15.6. The fourth-order valence-electron chi connectivity index (χ4n) is 2.11. The molecular formula is C18H17N5O. The predicted octanol–water partition coefficient (Wildman–Crippen LogP) is 2.41. The highest BCUT2D eigenvalue weighted by molar-refractivity contribution is 5.92. The van der Waals surface area contributed by atoms with Gasteiger partial charge in [0.05, 0.1) is 12.2 Å². The van der Waals surface area contributed by atoms with E-state index in [9.17, 15) is 4.79 Å². The van der Waals surface area contributed by atoms with Crippen LogP contribution in [0.2, 0.25) is 0 Å². The van der Waals surface area contributed by atoms with Crippen LogP contribution in [0.1, 0.15) is 21.7 Å². The van der Waals surface area contributed by atoms with Crippen molar-refractivity contribution in [1.82, 2.24) is 20.3 Å². The molecule has 6 nitrogen and oxygen atoms in total. The molecular weight excluding hydrogens is 302 g/mol. The number of aromatic nitrogens is 3. The molecule has 0 fully saturated rings. The van der Waals surface area contributed by atoms with Gasteiger partial charge in [-0.1, -0.05) is 36.4 Å². The smallest absolute Gasteiger partial charge is 0.270 e. The molecule has 0 aliphatic carbocycles. The number of carbonyl (C=O) groups excluding carboxylic acids is 1. The monoisotopic (exact) mass is 319 g/mol. The van der Waals surface area contributed by atoms with Crippen molar-refractivity contribution in [3.63, 3.8) is 0 Å². The fourth-order valence-corrected chi connectivity index (χ4v) is 2.11. The zero-order chi connectivity index (χ0) is 16.6. The highest BCUT2D eigenvalue weighted by Gasteiger charge is 2.08. The molecule has 24 heavy (non-hydrogen) atoms. The van der Waals surface area contributed by atoms with Gasteiger partial charge in [0.25, 0.3) is 5.91 Å². The molecule has 0 unspecified atom stereocenters. The zero-order valence-corrected chi connectivity index (χ0v) is 13.0. The third-order valence-corrected chi connectivity index (χ3v) is 3.34. The van der Waals surface area contributed by atoms with Crippen molar-refractivity contribution >= 4 is 11.9 Å². The summed E-state index contributed by atoms with van der Waals surface area (Å²) >= 11 is 0. The van der Waals surface area contributed by atoms with E-state index in [0.717, 1.165) is 11.3 Å². The van der Waals surface area contributed by atoms with E-state index in [1.807, 2.05) is 48.5 Å². The maximum atomic E-state index is 12.2. The van der Waals surface area contributed by atoms with Gasteiger partial charge in [0, 0.05) is 18.9 Å². The largest absolute Gasteiger partial charge is 0.350 e. The second-order valence-corrected chi connectivity index (χ2v) is 5.11. The van der Waals surface area contributed by atoms with E-state index < -0.39 is 0 Å². The van der Waals surface area contributed by atoms with Crippen LogP contribution in [0.15, 0.2) is 67.0 Å². The standard InChI is InChI=1S/C18H17N5O/c24-17(21-13-15-8-4-5-10-19-15)16-9-11-20-18(23-16)22-12-14-6-2-1-3-7-14/h1-11H,12-13H2,(H,21,24)(H,20,22,23). The van der Waals surface area contributed by atoms with Crippen LogP contribution in [0.5, 0.6) is 0 Å². The van der Waals surface area contributed by atoms with Crippen LogP contribution in [0.4, 0.5) is 5.95 Å². The van der Waals surface area contributed by atoms with Gasteiger partial charge < -0.3 is 10.6 Å². The van der Waals surface area contributed by atoms with Gasteiger partial charge in [-0.15, -0.1) is 0 Å². The van der Waals surface area contributed by atoms with Crippen LogP contribution in [0, 0.1) is 0 Å². The number of nitrogens with zero attached hydrogens (tertiary/aromatic N) is 3. The number of anilines is 1. The third-order valence-electron chi connectivity index (χ3n) is 3.34. The SMILES string of the molecule is O=C(NCc1ccccn1)c1ccnc(NCc2ccccc2)n1. The van der Waals surface area contributed by atoms with Crippen molar-refractivity contribution in [3.05, 3.63) is 83.9 Å². The van der Waals surface area contributed by atoms with Crippen molar-refractivity contribution in [3.8, 4) is 0 Å². The molecule has 3 aromatic rings. The number of benzene rings is 1. The second-order valence-electron chi connectivity index (χ2n) is 5.11. The average molecular weight is 319 g/mol. The first-order valence-electron chi connectivity index (χ1n) is 7.60. The Kier molecular flexibility index (Phi) is 5.09. The van der Waals surface area contributed by atoms with Gasteiger partial charge >= 0.3 is 0 Å². The topological polar surface area (TPSA) is 79.8 Å². The van der Waals surface area contributed by atoms with E-state index >= 15 is 0 Å². The molecule has 2 heterocycles. The van der Waals surface area contributed by atoms with Crippen LogP contribution in [-0.2, 0) is 13.1 Å². The van der Waals surface area contributed by atoms with E-state index in [4.69, 9.17) is 0 Å². The minimum atomic E-state index is -0.259. The van der Waals surface area contributed by atoms with Gasteiger partial charge in [0.2, 0.25) is 5.95 Å². The molecule has 0 aliphatic heterocycles. The quantitative estimate of drug-likeness (QED) is 0.729. The van der Waals surface area contributed by atoms with Gasteiger partial charge in [-0.05, 0) is 23.8 Å². The fraction of sp³-hybridized carbons (Fsp3) is 0.111. The van der Waals surface area contributed by atoms with E-state index in [2.05, 4.69) is 25.6 Å². The Hall–Kier alpha value is -3.28. The summed E-state index contributed by atoms with van der Waals surface area (Å²) in [6, 6.07) is 17.1. The Balaban J connectivity index is 1.59. The van der Waals surface area contributed by atoms with Crippen LogP contribution in [-0.4, -0.2) is 20.9 Å². The molecule has 3 rings (SSSR count). The molecule has 1 amide bonds. The molecule has 1 aromatic carbocycles. The van der Waals surface area contributed by atoms with E-state index in [1.54, 1.807) is 18.5 Å². The normalized spacial score (nSPS) is 10.2. The summed E-state index contributed by atoms with van der Waals surface area (Å²) in [5.74, 6) is 0.162. The van der Waals surface area contributed by atoms with Crippen molar-refractivity contribution in [1.29, 1.82) is 0 Å². The molecule has 2 aromatic heterocycles. The molecule has 120 valence electrons. The Labute approximate surface area is 140 Å². The van der Waals surface area contributed by atoms with Crippen molar-refractivity contribution < 1.29 is 4.79 Å². The predicted molar refractivity (Wildman–Crippen MR) is 91.2 cm³/mol. The Morgan fingerprint density at radius 2 is 1.71 bits per heavy atom. The molecule has 0 saturated carbocycles. The van der Waals surface area contributed by atoms with Gasteiger partial charge in [0.1, 0.15) is 5.69 Å². The number of amides is 1. The summed E-state index contributed by atoms with van der Waals surface area (Å²) in [4.78, 5) is 24.7. The Morgan fingerprint density at radius 3 is 2.50 bits per heavy atom. The number of hydrogen-bond donors (Lipinski definition) is 2. The summed E-state index contributed by atoms with van der Waals surface area (Å²) < 4.78 is 0. The van der Waals surface area contributed by atoms with Crippen molar-refractivity contribution in [2.24, 2.45) is 0 Å². The molecule has 0 spiro atoms. The maximum absolute atomic E-state index is 12.2. The van der Waals surface area contributed by atoms with Gasteiger partial charge in [-0.3, -0.25) is 9.78 Å². The van der Waals surface area contributed by atoms with Crippen molar-refractivity contribution in [2.75, 3.05) is 5.32 Å². The number of pyridine rings is 1. The summed E-state index contributed by atoms with van der Waals surface area (Å²) in [5.41, 5.74) is 2.23. The highest BCUT2D eigenvalue weighted by atomic mass is 16.1. The molecule has 0 bridgehead atoms. The van der Waals surface area contributed by atoms with E-state index in [1.165, 1.54) is 0 Å². The number of carbonyl (C=O) groups is 1. The van der Waals surface area contributed by atoms with Crippen LogP contribution in [0.25, 0.3) is 0 Å². The Morgan fingerprint density at radius 1 is 0.875 bits per heavy atom. The minimum Gasteiger partial charge on any atom is -0.350 e. The lowest BCUT2D eigenvalue weighted by Gasteiger charge is -2.07. The van der Waals surface area contributed by atoms with E-state index in [-0.39, 0.29) is 5.91 Å². The first-order valence-corrected chi connectivity index (χ1v) is 7.60. The lowest BCUT2D eigenvalue weighted by atomic mass is 10.2. The lowest BCUT2D eigenvalue weighted by molar-refractivity contribution is 0.0945. The highest BCUT2D eigenvalue weighted by Crippen LogP contribution is 2.05. The molecule has 0 aliphatic rings. The molecule has 0 atom stereocenters. The molecule has 0 saturated heterocycles. The molecule has 0 radical (unpaired) electrons. The summed E-state index contributed by atoms with van der Waals surface area (Å²) in [5, 5.41) is 5.91. The maximum Gasteiger partial charge on any atom is 0.270 e. The first-order chi connectivity index (χ1) is 11.8. The summed E-state index contributed by atoms with van der Waals surface area (Å²) in [6.07, 6.45) is 3.26.